The van der Waals surface area contributed by atoms with Crippen molar-refractivity contribution in [3.05, 3.63) is 85.9 Å². The van der Waals surface area contributed by atoms with Crippen LogP contribution in [0.3, 0.4) is 0 Å². The van der Waals surface area contributed by atoms with E-state index in [0.717, 1.165) is 17.0 Å². The summed E-state index contributed by atoms with van der Waals surface area (Å²) in [6, 6.07) is 9.65. The number of amides is 3. The molecule has 0 bridgehead atoms. The van der Waals surface area contributed by atoms with Gasteiger partial charge in [-0.1, -0.05) is 11.6 Å². The van der Waals surface area contributed by atoms with Gasteiger partial charge in [-0.15, -0.1) is 0 Å². The van der Waals surface area contributed by atoms with Gasteiger partial charge in [0.05, 0.1) is 43.4 Å². The van der Waals surface area contributed by atoms with E-state index in [-0.39, 0.29) is 16.8 Å². The molecule has 3 aromatic carbocycles. The van der Waals surface area contributed by atoms with Crippen LogP contribution < -0.4 is 19.1 Å². The number of nitro benzene ring substituents is 1. The number of ether oxygens (including phenoxy) is 3. The molecule has 2 heterocycles. The van der Waals surface area contributed by atoms with Crippen LogP contribution in [0.15, 0.2) is 48.5 Å². The maximum absolute atomic E-state index is 13.8. The van der Waals surface area contributed by atoms with Gasteiger partial charge in [-0.05, 0) is 54.4 Å². The van der Waals surface area contributed by atoms with Crippen LogP contribution >= 0.6 is 11.6 Å². The smallest absolute Gasteiger partial charge is 0.270 e. The molecule has 0 aliphatic carbocycles. The molecule has 0 radical (unpaired) electrons. The third-order valence-electron chi connectivity index (χ3n) is 6.91. The van der Waals surface area contributed by atoms with Crippen molar-refractivity contribution in [2.24, 2.45) is 0 Å². The molecular weight excluding hydrogens is 530 g/mol. The third-order valence-corrected chi connectivity index (χ3v) is 7.14. The lowest BCUT2D eigenvalue weighted by molar-refractivity contribution is -0.384. The quantitative estimate of drug-likeness (QED) is 0.184. The number of hydrogen-bond acceptors (Lipinski definition) is 8. The third kappa shape index (κ3) is 3.93. The number of halogens is 1. The molecule has 3 aromatic rings. The summed E-state index contributed by atoms with van der Waals surface area (Å²) in [4.78, 5) is 53.6. The molecule has 2 aliphatic heterocycles. The number of imide groups is 1. The van der Waals surface area contributed by atoms with Crippen LogP contribution in [0.4, 0.5) is 11.4 Å². The molecule has 0 unspecified atom stereocenters. The van der Waals surface area contributed by atoms with Gasteiger partial charge in [0.2, 0.25) is 5.75 Å². The minimum absolute atomic E-state index is 0.0110. The highest BCUT2D eigenvalue weighted by Gasteiger charge is 2.58. The van der Waals surface area contributed by atoms with Crippen molar-refractivity contribution in [1.29, 1.82) is 0 Å². The minimum Gasteiger partial charge on any atom is -0.493 e. The lowest BCUT2D eigenvalue weighted by atomic mass is 9.85. The molecule has 3 amide bonds. The van der Waals surface area contributed by atoms with E-state index in [1.807, 2.05) is 0 Å². The average Bonchev–Trinajstić information content (AvgIpc) is 3.16. The van der Waals surface area contributed by atoms with Crippen LogP contribution in [0.5, 0.6) is 17.2 Å². The Hall–Kier alpha value is -4.64. The fourth-order valence-corrected chi connectivity index (χ4v) is 5.33. The van der Waals surface area contributed by atoms with E-state index >= 15 is 0 Å². The van der Waals surface area contributed by atoms with Gasteiger partial charge in [0.1, 0.15) is 6.04 Å². The van der Waals surface area contributed by atoms with Gasteiger partial charge >= 0.3 is 0 Å². The largest absolute Gasteiger partial charge is 0.493 e. The maximum Gasteiger partial charge on any atom is 0.270 e. The number of carbonyl (C=O) groups is 3. The highest BCUT2D eigenvalue weighted by Crippen LogP contribution is 2.49. The molecule has 200 valence electrons. The van der Waals surface area contributed by atoms with Crippen LogP contribution in [-0.4, -0.2) is 54.9 Å². The highest BCUT2D eigenvalue weighted by molar-refractivity contribution is 6.31. The summed E-state index contributed by atoms with van der Waals surface area (Å²) in [5, 5.41) is 11.8. The van der Waals surface area contributed by atoms with E-state index in [9.17, 15) is 24.5 Å². The van der Waals surface area contributed by atoms with Gasteiger partial charge in [0.25, 0.3) is 23.4 Å². The Morgan fingerprint density at radius 3 is 2.03 bits per heavy atom. The van der Waals surface area contributed by atoms with Crippen molar-refractivity contribution in [1.82, 2.24) is 4.90 Å². The van der Waals surface area contributed by atoms with Crippen molar-refractivity contribution in [2.45, 2.75) is 19.0 Å². The first-order valence-electron chi connectivity index (χ1n) is 11.7. The molecule has 2 aliphatic rings. The zero-order chi connectivity index (χ0) is 28.2. The molecule has 12 heteroatoms. The Balaban J connectivity index is 1.66. The highest BCUT2D eigenvalue weighted by atomic mass is 35.5. The number of methoxy groups -OCH3 is 3. The summed E-state index contributed by atoms with van der Waals surface area (Å²) in [7, 11) is 4.35. The fraction of sp³-hybridized carbons (Fsp3) is 0.222. The standard InChI is InChI=1S/C27H22ClN3O8/c1-13-9-15(28)5-8-19(13)29-22(14-10-20(37-2)24(39-4)21(11-14)38-3)23(27(29)34)30-25(32)17-7-6-16(31(35)36)12-18(17)26(30)33/h5-12,22-23H,1-4H3/t22-,23-/m1/s1. The fourth-order valence-electron chi connectivity index (χ4n) is 5.10. The van der Waals surface area contributed by atoms with E-state index in [2.05, 4.69) is 0 Å². The number of non-ortho nitro benzene ring substituents is 1. The minimum atomic E-state index is -1.24. The van der Waals surface area contributed by atoms with E-state index < -0.39 is 34.7 Å². The van der Waals surface area contributed by atoms with Gasteiger partial charge in [0.15, 0.2) is 11.5 Å². The molecule has 1 fully saturated rings. The molecule has 39 heavy (non-hydrogen) atoms. The van der Waals surface area contributed by atoms with E-state index in [0.29, 0.717) is 39.1 Å². The Kier molecular flexibility index (Phi) is 6.39. The van der Waals surface area contributed by atoms with Gasteiger partial charge in [0, 0.05) is 22.8 Å². The molecule has 11 nitrogen and oxygen atoms in total. The zero-order valence-corrected chi connectivity index (χ0v) is 22.0. The number of aryl methyl sites for hydroxylation is 1. The number of carbonyl (C=O) groups excluding carboxylic acids is 3. The van der Waals surface area contributed by atoms with Gasteiger partial charge in [-0.25, -0.2) is 0 Å². The normalized spacial score (nSPS) is 18.1. The van der Waals surface area contributed by atoms with Crippen LogP contribution in [0, 0.1) is 17.0 Å². The maximum atomic E-state index is 13.8. The zero-order valence-electron chi connectivity index (χ0n) is 21.3. The van der Waals surface area contributed by atoms with Crippen LogP contribution in [0.1, 0.15) is 37.9 Å². The average molecular weight is 552 g/mol. The summed E-state index contributed by atoms with van der Waals surface area (Å²) in [6.45, 7) is 1.79. The Labute approximate surface area is 227 Å². The van der Waals surface area contributed by atoms with Gasteiger partial charge in [-0.3, -0.25) is 29.4 Å². The van der Waals surface area contributed by atoms with Gasteiger partial charge < -0.3 is 19.1 Å². The molecule has 0 N–H and O–H groups in total. The van der Waals surface area contributed by atoms with Crippen LogP contribution in [0.2, 0.25) is 5.02 Å². The first-order valence-corrected chi connectivity index (χ1v) is 12.1. The van der Waals surface area contributed by atoms with Crippen LogP contribution in [-0.2, 0) is 4.79 Å². The Morgan fingerprint density at radius 2 is 1.46 bits per heavy atom. The van der Waals surface area contributed by atoms with E-state index in [1.54, 1.807) is 37.3 Å². The second-order valence-corrected chi connectivity index (χ2v) is 9.39. The van der Waals surface area contributed by atoms with Crippen molar-refractivity contribution < 1.29 is 33.5 Å². The molecule has 1 saturated heterocycles. The van der Waals surface area contributed by atoms with Crippen molar-refractivity contribution in [3.8, 4) is 17.2 Å². The number of β-lactam (4-membered cyclic amide) rings is 1. The van der Waals surface area contributed by atoms with Crippen LogP contribution in [0.25, 0.3) is 0 Å². The molecule has 5 rings (SSSR count). The predicted molar refractivity (Wildman–Crippen MR) is 140 cm³/mol. The monoisotopic (exact) mass is 551 g/mol. The number of anilines is 1. The molecule has 0 saturated carbocycles. The number of nitro groups is 1. The number of hydrogen-bond donors (Lipinski definition) is 0. The lowest BCUT2D eigenvalue weighted by Crippen LogP contribution is -2.67. The topological polar surface area (TPSA) is 129 Å². The van der Waals surface area contributed by atoms with Gasteiger partial charge in [-0.2, -0.15) is 0 Å². The Morgan fingerprint density at radius 1 is 0.821 bits per heavy atom. The van der Waals surface area contributed by atoms with E-state index in [4.69, 9.17) is 25.8 Å². The van der Waals surface area contributed by atoms with Crippen molar-refractivity contribution in [3.63, 3.8) is 0 Å². The summed E-state index contributed by atoms with van der Waals surface area (Å²) in [6.07, 6.45) is 0. The first kappa shape index (κ1) is 26.0. The summed E-state index contributed by atoms with van der Waals surface area (Å²) in [5.41, 5.74) is 1.26. The molecular formula is C27H22ClN3O8. The number of benzene rings is 3. The number of rotatable bonds is 7. The summed E-state index contributed by atoms with van der Waals surface area (Å²) >= 11 is 6.15. The first-order chi connectivity index (χ1) is 18.6. The van der Waals surface area contributed by atoms with Crippen molar-refractivity contribution >= 4 is 40.7 Å². The summed E-state index contributed by atoms with van der Waals surface area (Å²) in [5.74, 6) is -1.06. The molecule has 2 atom stereocenters. The molecule has 0 spiro atoms. The van der Waals surface area contributed by atoms with Crippen molar-refractivity contribution in [2.75, 3.05) is 26.2 Å². The number of nitrogens with zero attached hydrogens (tertiary/aromatic N) is 3. The Bertz CT molecular complexity index is 1550. The molecule has 0 aromatic heterocycles. The lowest BCUT2D eigenvalue weighted by Gasteiger charge is -2.50. The second-order valence-electron chi connectivity index (χ2n) is 8.95. The second kappa shape index (κ2) is 9.59. The summed E-state index contributed by atoms with van der Waals surface area (Å²) < 4.78 is 16.4. The number of fused-ring (bicyclic) bond motifs is 1. The SMILES string of the molecule is COc1cc([C@@H]2[C@@H](N3C(=O)c4ccc([N+](=O)[O-])cc4C3=O)C(=O)N2c2ccc(Cl)cc2C)cc(OC)c1OC. The van der Waals surface area contributed by atoms with E-state index in [1.165, 1.54) is 32.3 Å². The predicted octanol–water partition coefficient (Wildman–Crippen LogP) is 4.34.